The maximum absolute atomic E-state index is 3.79. The second kappa shape index (κ2) is 6.01. The van der Waals surface area contributed by atoms with Crippen molar-refractivity contribution in [1.29, 1.82) is 0 Å². The standard InChI is InChI=1S/C15H25NS/c1-11(2)13-6-8-14(9-7-13)16-12(3)15-5-4-10-17-15/h4-5,10-14,16H,6-9H2,1-3H3/t12-,13?,14?/m0/s1. The molecule has 1 heterocycles. The molecule has 1 saturated carbocycles. The summed E-state index contributed by atoms with van der Waals surface area (Å²) >= 11 is 1.86. The molecule has 0 saturated heterocycles. The fourth-order valence-electron chi connectivity index (χ4n) is 2.93. The molecule has 1 nitrogen and oxygen atoms in total. The Balaban J connectivity index is 1.78. The van der Waals surface area contributed by atoms with Crippen LogP contribution in [0.1, 0.15) is 57.4 Å². The van der Waals surface area contributed by atoms with Gasteiger partial charge in [0, 0.05) is 17.0 Å². The number of rotatable bonds is 4. The monoisotopic (exact) mass is 251 g/mol. The molecule has 1 fully saturated rings. The fourth-order valence-corrected chi connectivity index (χ4v) is 3.67. The molecule has 0 spiro atoms. The van der Waals surface area contributed by atoms with Crippen molar-refractivity contribution >= 4 is 11.3 Å². The molecule has 1 aromatic heterocycles. The predicted molar refractivity (Wildman–Crippen MR) is 76.5 cm³/mol. The van der Waals surface area contributed by atoms with Crippen LogP contribution in [0.4, 0.5) is 0 Å². The van der Waals surface area contributed by atoms with Gasteiger partial charge >= 0.3 is 0 Å². The van der Waals surface area contributed by atoms with Crippen molar-refractivity contribution in [2.45, 2.75) is 58.5 Å². The van der Waals surface area contributed by atoms with Crippen LogP contribution in [0.25, 0.3) is 0 Å². The van der Waals surface area contributed by atoms with Crippen LogP contribution in [0, 0.1) is 11.8 Å². The van der Waals surface area contributed by atoms with Crippen LogP contribution < -0.4 is 5.32 Å². The summed E-state index contributed by atoms with van der Waals surface area (Å²) < 4.78 is 0. The zero-order valence-electron chi connectivity index (χ0n) is 11.3. The van der Waals surface area contributed by atoms with Crippen LogP contribution in [0.2, 0.25) is 0 Å². The lowest BCUT2D eigenvalue weighted by atomic mass is 9.79. The van der Waals surface area contributed by atoms with Gasteiger partial charge < -0.3 is 5.32 Å². The molecule has 2 rings (SSSR count). The van der Waals surface area contributed by atoms with E-state index >= 15 is 0 Å². The van der Waals surface area contributed by atoms with Gasteiger partial charge in [-0.1, -0.05) is 19.9 Å². The first-order valence-corrected chi connectivity index (χ1v) is 7.84. The highest BCUT2D eigenvalue weighted by atomic mass is 32.1. The summed E-state index contributed by atoms with van der Waals surface area (Å²) in [6, 6.07) is 5.65. The van der Waals surface area contributed by atoms with Crippen LogP contribution >= 0.6 is 11.3 Å². The van der Waals surface area contributed by atoms with Gasteiger partial charge in [0.15, 0.2) is 0 Å². The van der Waals surface area contributed by atoms with Crippen molar-refractivity contribution in [1.82, 2.24) is 5.32 Å². The molecule has 0 bridgehead atoms. The van der Waals surface area contributed by atoms with E-state index in [2.05, 4.69) is 43.6 Å². The molecule has 0 aromatic carbocycles. The lowest BCUT2D eigenvalue weighted by molar-refractivity contribution is 0.231. The quantitative estimate of drug-likeness (QED) is 0.823. The predicted octanol–water partition coefficient (Wildman–Crippen LogP) is 4.61. The Bertz CT molecular complexity index is 310. The second-order valence-corrected chi connectivity index (χ2v) is 6.74. The van der Waals surface area contributed by atoms with E-state index in [9.17, 15) is 0 Å². The van der Waals surface area contributed by atoms with Crippen molar-refractivity contribution in [3.05, 3.63) is 22.4 Å². The maximum Gasteiger partial charge on any atom is 0.0388 e. The van der Waals surface area contributed by atoms with Crippen LogP contribution in [0.3, 0.4) is 0 Å². The topological polar surface area (TPSA) is 12.0 Å². The van der Waals surface area contributed by atoms with Crippen molar-refractivity contribution in [3.8, 4) is 0 Å². The van der Waals surface area contributed by atoms with Gasteiger partial charge in [-0.15, -0.1) is 11.3 Å². The third kappa shape index (κ3) is 3.56. The Kier molecular flexibility index (Phi) is 4.63. The molecule has 96 valence electrons. The minimum atomic E-state index is 0.524. The van der Waals surface area contributed by atoms with Crippen LogP contribution in [-0.4, -0.2) is 6.04 Å². The first kappa shape index (κ1) is 13.1. The number of hydrogen-bond acceptors (Lipinski definition) is 2. The average molecular weight is 251 g/mol. The van der Waals surface area contributed by atoms with E-state index in [1.165, 1.54) is 30.6 Å². The number of thiophene rings is 1. The second-order valence-electron chi connectivity index (χ2n) is 5.76. The first-order chi connectivity index (χ1) is 8.16. The lowest BCUT2D eigenvalue weighted by Gasteiger charge is -2.32. The minimum Gasteiger partial charge on any atom is -0.307 e. The highest BCUT2D eigenvalue weighted by Gasteiger charge is 2.24. The van der Waals surface area contributed by atoms with Crippen molar-refractivity contribution in [2.24, 2.45) is 11.8 Å². The molecule has 0 unspecified atom stereocenters. The molecule has 2 heteroatoms. The molecule has 0 amide bonds. The Morgan fingerprint density at radius 2 is 1.88 bits per heavy atom. The van der Waals surface area contributed by atoms with E-state index in [0.29, 0.717) is 6.04 Å². The summed E-state index contributed by atoms with van der Waals surface area (Å²) in [5, 5.41) is 5.96. The summed E-state index contributed by atoms with van der Waals surface area (Å²) in [7, 11) is 0. The van der Waals surface area contributed by atoms with Crippen molar-refractivity contribution in [2.75, 3.05) is 0 Å². The van der Waals surface area contributed by atoms with Crippen molar-refractivity contribution < 1.29 is 0 Å². The molecular weight excluding hydrogens is 226 g/mol. The molecule has 1 aliphatic rings. The van der Waals surface area contributed by atoms with Crippen LogP contribution in [0.5, 0.6) is 0 Å². The minimum absolute atomic E-state index is 0.524. The summed E-state index contributed by atoms with van der Waals surface area (Å²) in [6.07, 6.45) is 5.54. The van der Waals surface area contributed by atoms with Gasteiger partial charge in [-0.25, -0.2) is 0 Å². The Labute approximate surface area is 110 Å². The highest BCUT2D eigenvalue weighted by Crippen LogP contribution is 2.31. The molecule has 17 heavy (non-hydrogen) atoms. The van der Waals surface area contributed by atoms with E-state index in [0.717, 1.165) is 17.9 Å². The lowest BCUT2D eigenvalue weighted by Crippen LogP contribution is -2.35. The summed E-state index contributed by atoms with van der Waals surface area (Å²) in [6.45, 7) is 7.03. The maximum atomic E-state index is 3.79. The fraction of sp³-hybridized carbons (Fsp3) is 0.733. The molecule has 0 aliphatic heterocycles. The molecule has 1 aromatic rings. The van der Waals surface area contributed by atoms with Gasteiger partial charge in [0.1, 0.15) is 0 Å². The zero-order valence-corrected chi connectivity index (χ0v) is 12.1. The smallest absolute Gasteiger partial charge is 0.0388 e. The normalized spacial score (nSPS) is 27.3. The summed E-state index contributed by atoms with van der Waals surface area (Å²) in [4.78, 5) is 1.47. The van der Waals surface area contributed by atoms with E-state index in [1.54, 1.807) is 0 Å². The van der Waals surface area contributed by atoms with E-state index < -0.39 is 0 Å². The Morgan fingerprint density at radius 3 is 2.41 bits per heavy atom. The molecule has 0 radical (unpaired) electrons. The van der Waals surface area contributed by atoms with E-state index in [1.807, 2.05) is 11.3 Å². The first-order valence-electron chi connectivity index (χ1n) is 6.96. The Morgan fingerprint density at radius 1 is 1.18 bits per heavy atom. The van der Waals surface area contributed by atoms with Gasteiger partial charge in [0.05, 0.1) is 0 Å². The average Bonchev–Trinajstić information content (AvgIpc) is 2.83. The third-order valence-electron chi connectivity index (χ3n) is 4.17. The van der Waals surface area contributed by atoms with Gasteiger partial charge in [0.2, 0.25) is 0 Å². The highest BCUT2D eigenvalue weighted by molar-refractivity contribution is 7.10. The zero-order chi connectivity index (χ0) is 12.3. The summed E-state index contributed by atoms with van der Waals surface area (Å²) in [5.74, 6) is 1.83. The van der Waals surface area contributed by atoms with Gasteiger partial charge in [-0.05, 0) is 55.9 Å². The largest absolute Gasteiger partial charge is 0.307 e. The molecule has 1 aliphatic carbocycles. The third-order valence-corrected chi connectivity index (χ3v) is 5.23. The van der Waals surface area contributed by atoms with Crippen molar-refractivity contribution in [3.63, 3.8) is 0 Å². The molecule has 1 atom stereocenters. The van der Waals surface area contributed by atoms with Crippen LogP contribution in [0.15, 0.2) is 17.5 Å². The number of nitrogens with one attached hydrogen (secondary N) is 1. The van der Waals surface area contributed by atoms with Gasteiger partial charge in [-0.2, -0.15) is 0 Å². The molecular formula is C15H25NS. The summed E-state index contributed by atoms with van der Waals surface area (Å²) in [5.41, 5.74) is 0. The molecule has 1 N–H and O–H groups in total. The van der Waals surface area contributed by atoms with E-state index in [4.69, 9.17) is 0 Å². The van der Waals surface area contributed by atoms with Crippen LogP contribution in [-0.2, 0) is 0 Å². The SMILES string of the molecule is CC(C)C1CCC(N[C@@H](C)c2cccs2)CC1. The van der Waals surface area contributed by atoms with E-state index in [-0.39, 0.29) is 0 Å². The van der Waals surface area contributed by atoms with Gasteiger partial charge in [0.25, 0.3) is 0 Å². The Hall–Kier alpha value is -0.340. The van der Waals surface area contributed by atoms with Gasteiger partial charge in [-0.3, -0.25) is 0 Å². The number of hydrogen-bond donors (Lipinski definition) is 1.